The zero-order valence-corrected chi connectivity index (χ0v) is 14.9. The maximum atomic E-state index is 5.60. The number of H-pyrrole nitrogens is 1. The van der Waals surface area contributed by atoms with E-state index < -0.39 is 0 Å². The molecule has 0 aliphatic rings. The van der Waals surface area contributed by atoms with Crippen LogP contribution in [0.4, 0.5) is 0 Å². The molecule has 4 nitrogen and oxygen atoms in total. The normalized spacial score (nSPS) is 11.7. The van der Waals surface area contributed by atoms with Gasteiger partial charge in [0.15, 0.2) is 0 Å². The molecule has 27 heavy (non-hydrogen) atoms. The Hall–Kier alpha value is -3.37. The third kappa shape index (κ3) is 3.91. The van der Waals surface area contributed by atoms with Gasteiger partial charge in [-0.25, -0.2) is 0 Å². The fourth-order valence-corrected chi connectivity index (χ4v) is 3.07. The van der Waals surface area contributed by atoms with Gasteiger partial charge in [0.05, 0.1) is 11.7 Å². The zero-order valence-electron chi connectivity index (χ0n) is 14.9. The van der Waals surface area contributed by atoms with Gasteiger partial charge in [-0.1, -0.05) is 48.5 Å². The quantitative estimate of drug-likeness (QED) is 0.501. The number of aromatic amines is 1. The summed E-state index contributed by atoms with van der Waals surface area (Å²) in [6.45, 7) is 1.02. The van der Waals surface area contributed by atoms with E-state index in [1.165, 1.54) is 0 Å². The van der Waals surface area contributed by atoms with Crippen LogP contribution in [0, 0.1) is 0 Å². The fourth-order valence-electron chi connectivity index (χ4n) is 3.07. The van der Waals surface area contributed by atoms with Crippen LogP contribution in [0.25, 0.3) is 22.6 Å². The maximum Gasteiger partial charge on any atom is 0.119 e. The van der Waals surface area contributed by atoms with Gasteiger partial charge in [0.1, 0.15) is 12.4 Å². The van der Waals surface area contributed by atoms with Gasteiger partial charge in [0.2, 0.25) is 0 Å². The number of ether oxygens (including phenoxy) is 1. The van der Waals surface area contributed by atoms with Crippen molar-refractivity contribution in [1.82, 2.24) is 10.2 Å². The van der Waals surface area contributed by atoms with Crippen LogP contribution >= 0.6 is 0 Å². The van der Waals surface area contributed by atoms with Crippen LogP contribution in [0.5, 0.6) is 5.75 Å². The number of hydrogen-bond donors (Lipinski definition) is 2. The smallest absolute Gasteiger partial charge is 0.119 e. The summed E-state index contributed by atoms with van der Waals surface area (Å²) in [5, 5.41) is 8.23. The molecule has 0 saturated heterocycles. The van der Waals surface area contributed by atoms with Crippen LogP contribution in [-0.2, 0) is 0 Å². The van der Waals surface area contributed by atoms with Crippen LogP contribution < -0.4 is 10.5 Å². The Bertz CT molecular complexity index is 1050. The topological polar surface area (TPSA) is 63.9 Å². The lowest BCUT2D eigenvalue weighted by Gasteiger charge is -2.11. The minimum atomic E-state index is 0.506. The Morgan fingerprint density at radius 3 is 2.52 bits per heavy atom. The molecule has 1 heterocycles. The highest BCUT2D eigenvalue weighted by Crippen LogP contribution is 2.29. The second kappa shape index (κ2) is 7.89. The van der Waals surface area contributed by atoms with E-state index in [1.54, 1.807) is 0 Å². The minimum absolute atomic E-state index is 0.506. The monoisotopic (exact) mass is 355 g/mol. The summed E-state index contributed by atoms with van der Waals surface area (Å²) < 4.78 is 5.60. The van der Waals surface area contributed by atoms with Crippen molar-refractivity contribution in [1.29, 1.82) is 0 Å². The van der Waals surface area contributed by atoms with Crippen LogP contribution in [0.15, 0.2) is 79.0 Å². The molecule has 0 atom stereocenters. The lowest BCUT2D eigenvalue weighted by atomic mass is 9.95. The molecule has 0 unspecified atom stereocenters. The van der Waals surface area contributed by atoms with Crippen LogP contribution in [0.2, 0.25) is 0 Å². The van der Waals surface area contributed by atoms with Gasteiger partial charge in [-0.2, -0.15) is 5.10 Å². The van der Waals surface area contributed by atoms with Crippen LogP contribution in [0.3, 0.4) is 0 Å². The number of rotatable bonds is 6. The van der Waals surface area contributed by atoms with Gasteiger partial charge in [0, 0.05) is 11.9 Å². The van der Waals surface area contributed by atoms with E-state index in [0.717, 1.165) is 38.9 Å². The van der Waals surface area contributed by atoms with E-state index in [0.29, 0.717) is 13.2 Å². The summed E-state index contributed by atoms with van der Waals surface area (Å²) in [6, 6.07) is 24.8. The van der Waals surface area contributed by atoms with E-state index in [-0.39, 0.29) is 0 Å². The van der Waals surface area contributed by atoms with Gasteiger partial charge < -0.3 is 10.5 Å². The van der Waals surface area contributed by atoms with Crippen molar-refractivity contribution in [2.75, 3.05) is 13.2 Å². The number of nitrogens with one attached hydrogen (secondary N) is 1. The lowest BCUT2D eigenvalue weighted by molar-refractivity contribution is 0.328. The predicted octanol–water partition coefficient (Wildman–Crippen LogP) is 4.49. The molecule has 4 aromatic rings. The molecule has 0 amide bonds. The number of fused-ring (bicyclic) bond motifs is 1. The minimum Gasteiger partial charge on any atom is -0.492 e. The fraction of sp³-hybridized carbons (Fsp3) is 0.0870. The SMILES string of the molecule is NCCOc1ccc(/C(=C\c2ccccc2)c2ccc3[nH]ncc3c2)cc1. The molecular weight excluding hydrogens is 334 g/mol. The third-order valence-corrected chi connectivity index (χ3v) is 4.41. The second-order valence-electron chi connectivity index (χ2n) is 6.30. The molecule has 3 aromatic carbocycles. The number of nitrogens with zero attached hydrogens (tertiary/aromatic N) is 1. The van der Waals surface area contributed by atoms with E-state index in [4.69, 9.17) is 10.5 Å². The number of aromatic nitrogens is 2. The Labute approximate surface area is 158 Å². The predicted molar refractivity (Wildman–Crippen MR) is 111 cm³/mol. The third-order valence-electron chi connectivity index (χ3n) is 4.41. The molecular formula is C23H21N3O. The average Bonchev–Trinajstić information content (AvgIpc) is 3.19. The lowest BCUT2D eigenvalue weighted by Crippen LogP contribution is -2.10. The van der Waals surface area contributed by atoms with E-state index >= 15 is 0 Å². The van der Waals surface area contributed by atoms with Gasteiger partial charge in [-0.05, 0) is 52.6 Å². The first-order valence-electron chi connectivity index (χ1n) is 8.97. The molecule has 0 radical (unpaired) electrons. The first-order valence-corrected chi connectivity index (χ1v) is 8.97. The van der Waals surface area contributed by atoms with Gasteiger partial charge in [-0.3, -0.25) is 5.10 Å². The molecule has 1 aromatic heterocycles. The van der Waals surface area contributed by atoms with Crippen molar-refractivity contribution in [3.63, 3.8) is 0 Å². The molecule has 0 spiro atoms. The first-order chi connectivity index (χ1) is 13.3. The van der Waals surface area contributed by atoms with Crippen molar-refractivity contribution < 1.29 is 4.74 Å². The molecule has 134 valence electrons. The number of hydrogen-bond acceptors (Lipinski definition) is 3. The average molecular weight is 355 g/mol. The van der Waals surface area contributed by atoms with Crippen molar-refractivity contribution in [3.8, 4) is 5.75 Å². The van der Waals surface area contributed by atoms with Crippen LogP contribution in [-0.4, -0.2) is 23.3 Å². The summed E-state index contributed by atoms with van der Waals surface area (Å²) in [6.07, 6.45) is 4.06. The molecule has 0 saturated carbocycles. The Morgan fingerprint density at radius 1 is 0.963 bits per heavy atom. The maximum absolute atomic E-state index is 5.60. The number of nitrogens with two attached hydrogens (primary N) is 1. The highest BCUT2D eigenvalue weighted by atomic mass is 16.5. The largest absolute Gasteiger partial charge is 0.492 e. The van der Waals surface area contributed by atoms with E-state index in [1.807, 2.05) is 36.5 Å². The standard InChI is InChI=1S/C23H21N3O/c24-12-13-27-21-9-6-18(7-10-21)22(14-17-4-2-1-3-5-17)19-8-11-23-20(15-19)16-25-26-23/h1-11,14-16H,12-13,24H2,(H,25,26)/b22-14+. The van der Waals surface area contributed by atoms with Gasteiger partial charge in [0.25, 0.3) is 0 Å². The van der Waals surface area contributed by atoms with Gasteiger partial charge in [-0.15, -0.1) is 0 Å². The highest BCUT2D eigenvalue weighted by Gasteiger charge is 2.08. The second-order valence-corrected chi connectivity index (χ2v) is 6.30. The van der Waals surface area contributed by atoms with Crippen molar-refractivity contribution in [3.05, 3.63) is 95.7 Å². The molecule has 3 N–H and O–H groups in total. The van der Waals surface area contributed by atoms with Crippen molar-refractivity contribution >= 4 is 22.6 Å². The highest BCUT2D eigenvalue weighted by molar-refractivity contribution is 5.94. The molecule has 0 fully saturated rings. The molecule has 0 aliphatic heterocycles. The van der Waals surface area contributed by atoms with E-state index in [2.05, 4.69) is 58.7 Å². The Balaban J connectivity index is 1.77. The Kier molecular flexibility index (Phi) is 4.99. The molecule has 0 bridgehead atoms. The van der Waals surface area contributed by atoms with Crippen molar-refractivity contribution in [2.24, 2.45) is 5.73 Å². The first kappa shape index (κ1) is 17.1. The number of benzene rings is 3. The zero-order chi connectivity index (χ0) is 18.5. The van der Waals surface area contributed by atoms with Crippen molar-refractivity contribution in [2.45, 2.75) is 0 Å². The summed E-state index contributed by atoms with van der Waals surface area (Å²) in [5.41, 5.74) is 11.1. The summed E-state index contributed by atoms with van der Waals surface area (Å²) in [4.78, 5) is 0. The molecule has 4 rings (SSSR count). The summed E-state index contributed by atoms with van der Waals surface area (Å²) >= 11 is 0. The molecule has 4 heteroatoms. The summed E-state index contributed by atoms with van der Waals surface area (Å²) in [7, 11) is 0. The molecule has 0 aliphatic carbocycles. The summed E-state index contributed by atoms with van der Waals surface area (Å²) in [5.74, 6) is 0.827. The van der Waals surface area contributed by atoms with Gasteiger partial charge >= 0.3 is 0 Å². The van der Waals surface area contributed by atoms with Crippen LogP contribution in [0.1, 0.15) is 16.7 Å². The Morgan fingerprint density at radius 2 is 1.74 bits per heavy atom. The van der Waals surface area contributed by atoms with E-state index in [9.17, 15) is 0 Å².